The monoisotopic (exact) mass is 339 g/mol. The van der Waals surface area contributed by atoms with Gasteiger partial charge in [0.1, 0.15) is 12.3 Å². The molecule has 1 aromatic heterocycles. The van der Waals surface area contributed by atoms with Crippen LogP contribution in [-0.2, 0) is 21.5 Å². The van der Waals surface area contributed by atoms with Crippen molar-refractivity contribution >= 4 is 22.7 Å². The van der Waals surface area contributed by atoms with Gasteiger partial charge in [-0.15, -0.1) is 0 Å². The fourth-order valence-electron chi connectivity index (χ4n) is 4.47. The Kier molecular flexibility index (Phi) is 2.83. The predicted molar refractivity (Wildman–Crippen MR) is 92.4 cm³/mol. The number of nitrogens with one attached hydrogen (secondary N) is 1. The molecule has 0 radical (unpaired) electrons. The highest BCUT2D eigenvalue weighted by Crippen LogP contribution is 2.44. The van der Waals surface area contributed by atoms with Crippen LogP contribution in [0.15, 0.2) is 18.2 Å². The van der Waals surface area contributed by atoms with Gasteiger partial charge in [-0.2, -0.15) is 0 Å². The van der Waals surface area contributed by atoms with E-state index in [2.05, 4.69) is 4.98 Å². The third kappa shape index (κ3) is 1.85. The van der Waals surface area contributed by atoms with Crippen LogP contribution >= 0.6 is 0 Å². The lowest BCUT2D eigenvalue weighted by atomic mass is 9.83. The Hall–Kier alpha value is -2.50. The number of piperazine rings is 1. The summed E-state index contributed by atoms with van der Waals surface area (Å²) in [6.45, 7) is 2.70. The predicted octanol–water partition coefficient (Wildman–Crippen LogP) is 1.78. The molecule has 6 heteroatoms. The normalized spacial score (nSPS) is 26.0. The Labute approximate surface area is 145 Å². The highest BCUT2D eigenvalue weighted by atomic mass is 16.5. The number of hydrogen-bond acceptors (Lipinski definition) is 3. The Morgan fingerprint density at radius 2 is 2.08 bits per heavy atom. The Bertz CT molecular complexity index is 914. The highest BCUT2D eigenvalue weighted by molar-refractivity contribution is 6.01. The van der Waals surface area contributed by atoms with E-state index in [0.29, 0.717) is 6.54 Å². The van der Waals surface area contributed by atoms with Gasteiger partial charge in [0.25, 0.3) is 5.91 Å². The molecule has 1 saturated carbocycles. The second kappa shape index (κ2) is 4.77. The van der Waals surface area contributed by atoms with Gasteiger partial charge in [0.2, 0.25) is 5.91 Å². The lowest BCUT2D eigenvalue weighted by molar-refractivity contribution is -0.166. The summed E-state index contributed by atoms with van der Waals surface area (Å²) in [5, 5.41) is 1.08. The van der Waals surface area contributed by atoms with Crippen molar-refractivity contribution in [2.24, 2.45) is 0 Å². The first-order chi connectivity index (χ1) is 12.0. The fraction of sp³-hybridized carbons (Fsp3) is 0.474. The van der Waals surface area contributed by atoms with Crippen molar-refractivity contribution in [3.8, 4) is 5.75 Å². The summed E-state index contributed by atoms with van der Waals surface area (Å²) in [6.07, 6.45) is 2.76. The zero-order valence-corrected chi connectivity index (χ0v) is 14.5. The third-order valence-electron chi connectivity index (χ3n) is 6.00. The number of carbonyl (C=O) groups excluding carboxylic acids is 2. The topological polar surface area (TPSA) is 65.6 Å². The van der Waals surface area contributed by atoms with Crippen molar-refractivity contribution in [2.45, 2.75) is 37.8 Å². The van der Waals surface area contributed by atoms with E-state index in [1.807, 2.05) is 25.1 Å². The molecule has 6 nitrogen and oxygen atoms in total. The minimum Gasteiger partial charge on any atom is -0.497 e. The van der Waals surface area contributed by atoms with E-state index in [1.165, 1.54) is 0 Å². The third-order valence-corrected chi connectivity index (χ3v) is 6.00. The van der Waals surface area contributed by atoms with Crippen LogP contribution in [0.5, 0.6) is 5.75 Å². The maximum absolute atomic E-state index is 13.4. The lowest BCUT2D eigenvalue weighted by Crippen LogP contribution is -2.67. The number of nitrogens with zero attached hydrogens (tertiary/aromatic N) is 2. The second-order valence-corrected chi connectivity index (χ2v) is 7.42. The van der Waals surface area contributed by atoms with E-state index in [0.717, 1.165) is 47.2 Å². The average molecular weight is 339 g/mol. The molecule has 1 aromatic carbocycles. The Morgan fingerprint density at radius 1 is 1.28 bits per heavy atom. The maximum atomic E-state index is 13.4. The number of aromatic amines is 1. The van der Waals surface area contributed by atoms with Crippen LogP contribution in [-0.4, -0.2) is 52.8 Å². The van der Waals surface area contributed by atoms with Crippen LogP contribution < -0.4 is 4.74 Å². The molecule has 2 fully saturated rings. The van der Waals surface area contributed by atoms with Crippen LogP contribution in [0.2, 0.25) is 0 Å². The van der Waals surface area contributed by atoms with Gasteiger partial charge < -0.3 is 19.5 Å². The Morgan fingerprint density at radius 3 is 2.80 bits per heavy atom. The second-order valence-electron chi connectivity index (χ2n) is 7.42. The van der Waals surface area contributed by atoms with Crippen LogP contribution in [0.3, 0.4) is 0 Å². The largest absolute Gasteiger partial charge is 0.497 e. The van der Waals surface area contributed by atoms with Gasteiger partial charge in [0, 0.05) is 23.5 Å². The van der Waals surface area contributed by atoms with Crippen LogP contribution in [0.4, 0.5) is 0 Å². The molecule has 25 heavy (non-hydrogen) atoms. The van der Waals surface area contributed by atoms with E-state index in [9.17, 15) is 9.59 Å². The molecule has 2 aliphatic heterocycles. The SMILES string of the molecule is COc1ccc2[nH]c3c(c2c1)CCN1C(=O)CN(C2CC2)C(=O)[C@@]31C. The number of carbonyl (C=O) groups is 2. The summed E-state index contributed by atoms with van der Waals surface area (Å²) >= 11 is 0. The summed E-state index contributed by atoms with van der Waals surface area (Å²) in [7, 11) is 1.65. The number of benzene rings is 1. The molecule has 2 aromatic rings. The van der Waals surface area contributed by atoms with Crippen LogP contribution in [0, 0.1) is 0 Å². The molecular weight excluding hydrogens is 318 g/mol. The van der Waals surface area contributed by atoms with Crippen molar-refractivity contribution in [3.05, 3.63) is 29.5 Å². The number of amides is 2. The average Bonchev–Trinajstić information content (AvgIpc) is 3.38. The summed E-state index contributed by atoms with van der Waals surface area (Å²) in [4.78, 5) is 33.1. The lowest BCUT2D eigenvalue weighted by Gasteiger charge is -2.49. The van der Waals surface area contributed by atoms with Gasteiger partial charge in [-0.05, 0) is 49.9 Å². The Balaban J connectivity index is 1.70. The van der Waals surface area contributed by atoms with Crippen molar-refractivity contribution in [1.29, 1.82) is 0 Å². The number of ether oxygens (including phenoxy) is 1. The first-order valence-electron chi connectivity index (χ1n) is 8.84. The van der Waals surface area contributed by atoms with E-state index in [4.69, 9.17) is 4.74 Å². The van der Waals surface area contributed by atoms with Crippen molar-refractivity contribution in [2.75, 3.05) is 20.2 Å². The minimum absolute atomic E-state index is 0.0501. The molecule has 0 spiro atoms. The highest BCUT2D eigenvalue weighted by Gasteiger charge is 2.56. The van der Waals surface area contributed by atoms with Gasteiger partial charge in [-0.1, -0.05) is 0 Å². The first-order valence-corrected chi connectivity index (χ1v) is 8.84. The summed E-state index contributed by atoms with van der Waals surface area (Å²) < 4.78 is 5.36. The molecule has 0 unspecified atom stereocenters. The molecule has 3 heterocycles. The summed E-state index contributed by atoms with van der Waals surface area (Å²) in [5.74, 6) is 0.900. The van der Waals surface area contributed by atoms with Gasteiger partial charge in [0.05, 0.1) is 12.8 Å². The van der Waals surface area contributed by atoms with Crippen LogP contribution in [0.25, 0.3) is 10.9 Å². The number of H-pyrrole nitrogens is 1. The molecule has 3 aliphatic rings. The number of aromatic nitrogens is 1. The molecule has 5 rings (SSSR count). The quantitative estimate of drug-likeness (QED) is 0.907. The number of methoxy groups -OCH3 is 1. The molecule has 1 saturated heterocycles. The molecular formula is C19H21N3O3. The molecule has 1 aliphatic carbocycles. The number of fused-ring (bicyclic) bond motifs is 5. The number of hydrogen-bond donors (Lipinski definition) is 1. The smallest absolute Gasteiger partial charge is 0.255 e. The number of rotatable bonds is 2. The molecule has 1 atom stereocenters. The summed E-state index contributed by atoms with van der Waals surface area (Å²) in [6, 6.07) is 6.14. The standard InChI is InChI=1S/C19H21N3O3/c1-19-17-13(14-9-12(25-2)5-6-15(14)20-17)7-8-22(19)16(23)10-21(18(19)24)11-3-4-11/h5-6,9,11,20H,3-4,7-8,10H2,1-2H3/t19-/m1/s1. The van der Waals surface area contributed by atoms with Crippen molar-refractivity contribution in [3.63, 3.8) is 0 Å². The molecule has 0 bridgehead atoms. The van der Waals surface area contributed by atoms with E-state index in [-0.39, 0.29) is 24.4 Å². The van der Waals surface area contributed by atoms with Crippen LogP contribution in [0.1, 0.15) is 31.0 Å². The fourth-order valence-corrected chi connectivity index (χ4v) is 4.47. The van der Waals surface area contributed by atoms with E-state index >= 15 is 0 Å². The van der Waals surface area contributed by atoms with E-state index < -0.39 is 5.54 Å². The van der Waals surface area contributed by atoms with Crippen molar-refractivity contribution < 1.29 is 14.3 Å². The van der Waals surface area contributed by atoms with Gasteiger partial charge in [0.15, 0.2) is 5.54 Å². The van der Waals surface area contributed by atoms with Gasteiger partial charge in [-0.25, -0.2) is 0 Å². The zero-order chi connectivity index (χ0) is 17.3. The van der Waals surface area contributed by atoms with Gasteiger partial charge >= 0.3 is 0 Å². The van der Waals surface area contributed by atoms with E-state index in [1.54, 1.807) is 16.9 Å². The summed E-state index contributed by atoms with van der Waals surface area (Å²) in [5.41, 5.74) is 2.05. The van der Waals surface area contributed by atoms with Gasteiger partial charge in [-0.3, -0.25) is 9.59 Å². The first kappa shape index (κ1) is 14.8. The van der Waals surface area contributed by atoms with Crippen molar-refractivity contribution in [1.82, 2.24) is 14.8 Å². The zero-order valence-electron chi connectivity index (χ0n) is 14.5. The molecule has 2 amide bonds. The molecule has 1 N–H and O–H groups in total. The maximum Gasteiger partial charge on any atom is 0.255 e. The molecule has 130 valence electrons. The minimum atomic E-state index is -0.933.